The van der Waals surface area contributed by atoms with Gasteiger partial charge in [-0.3, -0.25) is 9.69 Å². The first kappa shape index (κ1) is 21.7. The summed E-state index contributed by atoms with van der Waals surface area (Å²) in [4.78, 5) is 24.5. The van der Waals surface area contributed by atoms with Gasteiger partial charge in [0.25, 0.3) is 5.91 Å². The molecule has 1 aromatic heterocycles. The predicted octanol–water partition coefficient (Wildman–Crippen LogP) is 3.39. The molecule has 1 N–H and O–H groups in total. The smallest absolute Gasteiger partial charge is 0.256 e. The zero-order valence-corrected chi connectivity index (χ0v) is 18.5. The highest BCUT2D eigenvalue weighted by Gasteiger charge is 2.20. The number of nitrogens with one attached hydrogen (secondary N) is 1. The lowest BCUT2D eigenvalue weighted by Crippen LogP contribution is -2.36. The summed E-state index contributed by atoms with van der Waals surface area (Å²) in [6.07, 6.45) is 1.94. The largest absolute Gasteiger partial charge is 0.379 e. The number of ether oxygens (including phenoxy) is 1. The number of benzene rings is 1. The molecule has 1 amide bonds. The van der Waals surface area contributed by atoms with Crippen LogP contribution in [0.5, 0.6) is 0 Å². The molecule has 0 saturated carbocycles. The lowest BCUT2D eigenvalue weighted by molar-refractivity contribution is 0.0340. The van der Waals surface area contributed by atoms with Crippen LogP contribution in [-0.4, -0.2) is 53.3 Å². The monoisotopic (exact) mass is 414 g/mol. The molecule has 2 heterocycles. The van der Waals surface area contributed by atoms with E-state index in [1.165, 1.54) is 17.3 Å². The molecule has 1 fully saturated rings. The third kappa shape index (κ3) is 5.56. The topological polar surface area (TPSA) is 67.4 Å². The first-order chi connectivity index (χ1) is 14.0. The molecule has 156 valence electrons. The number of aromatic nitrogens is 2. The maximum atomic E-state index is 13.0. The third-order valence-corrected chi connectivity index (χ3v) is 5.75. The van der Waals surface area contributed by atoms with Gasteiger partial charge in [0.2, 0.25) is 0 Å². The average molecular weight is 415 g/mol. The lowest BCUT2D eigenvalue weighted by Gasteiger charge is -2.27. The van der Waals surface area contributed by atoms with E-state index in [9.17, 15) is 4.79 Å². The van der Waals surface area contributed by atoms with Crippen molar-refractivity contribution in [2.24, 2.45) is 0 Å². The van der Waals surface area contributed by atoms with E-state index in [2.05, 4.69) is 52.2 Å². The molecule has 0 bridgehead atoms. The molecule has 6 nitrogen and oxygen atoms in total. The van der Waals surface area contributed by atoms with Crippen LogP contribution in [0.25, 0.3) is 0 Å². The summed E-state index contributed by atoms with van der Waals surface area (Å²) in [6, 6.07) is 8.28. The number of thioether (sulfide) groups is 1. The lowest BCUT2D eigenvalue weighted by atomic mass is 10.1. The summed E-state index contributed by atoms with van der Waals surface area (Å²) in [5.74, 6) is 0.881. The number of carbonyl (C=O) groups excluding carboxylic acids is 1. The van der Waals surface area contributed by atoms with Gasteiger partial charge in [-0.25, -0.2) is 9.97 Å². The highest BCUT2D eigenvalue weighted by Crippen LogP contribution is 2.23. The van der Waals surface area contributed by atoms with E-state index in [1.807, 2.05) is 19.2 Å². The molecule has 0 radical (unpaired) electrons. The minimum absolute atomic E-state index is 0.122. The van der Waals surface area contributed by atoms with Gasteiger partial charge in [-0.2, -0.15) is 0 Å². The van der Waals surface area contributed by atoms with Crippen molar-refractivity contribution < 1.29 is 9.53 Å². The van der Waals surface area contributed by atoms with Crippen LogP contribution in [0.2, 0.25) is 0 Å². The first-order valence-corrected chi connectivity index (χ1v) is 11.3. The van der Waals surface area contributed by atoms with E-state index >= 15 is 0 Å². The Balaban J connectivity index is 1.73. The van der Waals surface area contributed by atoms with Crippen LogP contribution in [0.4, 0.5) is 0 Å². The molecule has 0 aliphatic carbocycles. The zero-order chi connectivity index (χ0) is 20.8. The number of hydrogen-bond donors (Lipinski definition) is 1. The molecule has 1 aromatic carbocycles. The summed E-state index contributed by atoms with van der Waals surface area (Å²) in [5.41, 5.74) is 3.68. The Morgan fingerprint density at radius 3 is 2.55 bits per heavy atom. The van der Waals surface area contributed by atoms with Crippen LogP contribution < -0.4 is 5.32 Å². The number of amides is 1. The van der Waals surface area contributed by atoms with Crippen LogP contribution in [0.15, 0.2) is 29.3 Å². The molecule has 0 unspecified atom stereocenters. The molecule has 7 heteroatoms. The number of aryl methyl sites for hydroxylation is 1. The highest BCUT2D eigenvalue weighted by atomic mass is 32.2. The normalized spacial score (nSPS) is 14.9. The van der Waals surface area contributed by atoms with E-state index < -0.39 is 0 Å². The fourth-order valence-corrected chi connectivity index (χ4v) is 4.01. The second-order valence-electron chi connectivity index (χ2n) is 7.55. The Bertz CT molecular complexity index is 851. The molecule has 1 aliphatic heterocycles. The zero-order valence-electron chi connectivity index (χ0n) is 17.7. The fourth-order valence-electron chi connectivity index (χ4n) is 3.38. The van der Waals surface area contributed by atoms with E-state index in [1.54, 1.807) is 0 Å². The summed E-state index contributed by atoms with van der Waals surface area (Å²) in [6.45, 7) is 10.8. The second kappa shape index (κ2) is 10.2. The standard InChI is InChI=1S/C22H30N4O2S/c1-15(2)20-24-16(3)19(22(25-20)29-4)21(27)23-13-17-7-5-6-8-18(17)14-26-9-11-28-12-10-26/h5-8,15H,9-14H2,1-4H3,(H,23,27). The number of rotatable bonds is 7. The third-order valence-electron chi connectivity index (χ3n) is 5.07. The fraction of sp³-hybridized carbons (Fsp3) is 0.500. The van der Waals surface area contributed by atoms with Crippen LogP contribution in [0.3, 0.4) is 0 Å². The van der Waals surface area contributed by atoms with Gasteiger partial charge in [-0.15, -0.1) is 11.8 Å². The Labute approximate surface area is 177 Å². The molecule has 1 aliphatic rings. The predicted molar refractivity (Wildman–Crippen MR) is 116 cm³/mol. The quantitative estimate of drug-likeness (QED) is 0.553. The van der Waals surface area contributed by atoms with Crippen molar-refractivity contribution in [2.45, 2.75) is 44.8 Å². The SMILES string of the molecule is CSc1nc(C(C)C)nc(C)c1C(=O)NCc1ccccc1CN1CCOCC1. The molecule has 1 saturated heterocycles. The van der Waals surface area contributed by atoms with Crippen LogP contribution in [-0.2, 0) is 17.8 Å². The van der Waals surface area contributed by atoms with Gasteiger partial charge in [0.05, 0.1) is 24.5 Å². The van der Waals surface area contributed by atoms with Gasteiger partial charge >= 0.3 is 0 Å². The van der Waals surface area contributed by atoms with E-state index in [4.69, 9.17) is 4.74 Å². The Morgan fingerprint density at radius 2 is 1.90 bits per heavy atom. The summed E-state index contributed by atoms with van der Waals surface area (Å²) >= 11 is 1.49. The molecule has 3 rings (SSSR count). The number of morpholine rings is 1. The maximum Gasteiger partial charge on any atom is 0.256 e. The van der Waals surface area contributed by atoms with Crippen LogP contribution in [0, 0.1) is 6.92 Å². The van der Waals surface area contributed by atoms with Gasteiger partial charge in [0, 0.05) is 32.1 Å². The molecular formula is C22H30N4O2S. The maximum absolute atomic E-state index is 13.0. The van der Waals surface area contributed by atoms with Crippen molar-refractivity contribution in [3.05, 3.63) is 52.5 Å². The highest BCUT2D eigenvalue weighted by molar-refractivity contribution is 7.98. The van der Waals surface area contributed by atoms with Crippen LogP contribution in [0.1, 0.15) is 52.8 Å². The van der Waals surface area contributed by atoms with E-state index in [0.717, 1.165) is 55.0 Å². The average Bonchev–Trinajstić information content (AvgIpc) is 2.73. The van der Waals surface area contributed by atoms with Crippen molar-refractivity contribution in [2.75, 3.05) is 32.6 Å². The van der Waals surface area contributed by atoms with Gasteiger partial charge in [0.1, 0.15) is 10.9 Å². The Morgan fingerprint density at radius 1 is 1.21 bits per heavy atom. The van der Waals surface area contributed by atoms with Crippen molar-refractivity contribution in [3.63, 3.8) is 0 Å². The van der Waals surface area contributed by atoms with E-state index in [0.29, 0.717) is 12.1 Å². The van der Waals surface area contributed by atoms with Crippen molar-refractivity contribution in [3.8, 4) is 0 Å². The molecule has 0 spiro atoms. The van der Waals surface area contributed by atoms with Crippen molar-refractivity contribution >= 4 is 17.7 Å². The minimum atomic E-state index is -0.122. The number of carbonyl (C=O) groups is 1. The number of nitrogens with zero attached hydrogens (tertiary/aromatic N) is 3. The Kier molecular flexibility index (Phi) is 7.64. The molecule has 2 aromatic rings. The summed E-state index contributed by atoms with van der Waals surface area (Å²) in [7, 11) is 0. The molecule has 29 heavy (non-hydrogen) atoms. The van der Waals surface area contributed by atoms with E-state index in [-0.39, 0.29) is 11.8 Å². The molecular weight excluding hydrogens is 384 g/mol. The van der Waals surface area contributed by atoms with Crippen LogP contribution >= 0.6 is 11.8 Å². The summed E-state index contributed by atoms with van der Waals surface area (Å²) in [5, 5.41) is 3.82. The molecule has 0 atom stereocenters. The minimum Gasteiger partial charge on any atom is -0.379 e. The van der Waals surface area contributed by atoms with Gasteiger partial charge < -0.3 is 10.1 Å². The second-order valence-corrected chi connectivity index (χ2v) is 8.34. The first-order valence-electron chi connectivity index (χ1n) is 10.1. The summed E-state index contributed by atoms with van der Waals surface area (Å²) < 4.78 is 5.44. The van der Waals surface area contributed by atoms with Gasteiger partial charge in [-0.1, -0.05) is 38.1 Å². The van der Waals surface area contributed by atoms with Gasteiger partial charge in [0.15, 0.2) is 0 Å². The van der Waals surface area contributed by atoms with Crippen molar-refractivity contribution in [1.29, 1.82) is 0 Å². The Hall–Kier alpha value is -1.96. The number of hydrogen-bond acceptors (Lipinski definition) is 6. The van der Waals surface area contributed by atoms with Crippen molar-refractivity contribution in [1.82, 2.24) is 20.2 Å². The van der Waals surface area contributed by atoms with Gasteiger partial charge in [-0.05, 0) is 24.3 Å².